The maximum Gasteiger partial charge on any atom is 0.0300 e. The van der Waals surface area contributed by atoms with Crippen molar-refractivity contribution in [2.45, 2.75) is 51.6 Å². The van der Waals surface area contributed by atoms with Gasteiger partial charge in [0, 0.05) is 28.4 Å². The Hall–Kier alpha value is -0.380. The zero-order valence-corrected chi connectivity index (χ0v) is 11.8. The summed E-state index contributed by atoms with van der Waals surface area (Å²) in [6.45, 7) is 7.83. The third-order valence-corrected chi connectivity index (χ3v) is 4.82. The molecule has 2 rings (SSSR count). The zero-order valence-electron chi connectivity index (χ0n) is 11.0. The largest absolute Gasteiger partial charge is 0.310 e. The lowest BCUT2D eigenvalue weighted by Gasteiger charge is -2.35. The lowest BCUT2D eigenvalue weighted by Crippen LogP contribution is -2.52. The van der Waals surface area contributed by atoms with Gasteiger partial charge in [-0.3, -0.25) is 0 Å². The number of rotatable bonds is 5. The monoisotopic (exact) mass is 252 g/mol. The molecule has 2 nitrogen and oxygen atoms in total. The summed E-state index contributed by atoms with van der Waals surface area (Å²) in [5, 5.41) is 7.24. The molecule has 1 saturated heterocycles. The van der Waals surface area contributed by atoms with E-state index in [1.165, 1.54) is 35.6 Å². The van der Waals surface area contributed by atoms with Crippen molar-refractivity contribution in [3.05, 3.63) is 21.9 Å². The van der Waals surface area contributed by atoms with Crippen molar-refractivity contribution in [2.75, 3.05) is 13.1 Å². The van der Waals surface area contributed by atoms with Crippen LogP contribution in [0.5, 0.6) is 0 Å². The van der Waals surface area contributed by atoms with Gasteiger partial charge in [0.2, 0.25) is 0 Å². The topological polar surface area (TPSA) is 24.1 Å². The lowest BCUT2D eigenvalue weighted by atomic mass is 9.91. The molecule has 17 heavy (non-hydrogen) atoms. The van der Waals surface area contributed by atoms with Crippen molar-refractivity contribution in [2.24, 2.45) is 0 Å². The van der Waals surface area contributed by atoms with E-state index in [9.17, 15) is 0 Å². The minimum Gasteiger partial charge on any atom is -0.310 e. The first-order chi connectivity index (χ1) is 8.22. The Labute approximate surface area is 109 Å². The van der Waals surface area contributed by atoms with Crippen LogP contribution < -0.4 is 10.6 Å². The maximum absolute atomic E-state index is 3.64. The van der Waals surface area contributed by atoms with Crippen molar-refractivity contribution < 1.29 is 0 Å². The minimum absolute atomic E-state index is 0.309. The van der Waals surface area contributed by atoms with Crippen LogP contribution in [0.4, 0.5) is 0 Å². The predicted octanol–water partition coefficient (Wildman–Crippen LogP) is 2.93. The Bertz CT molecular complexity index is 340. The molecule has 1 aliphatic heterocycles. The Balaban J connectivity index is 1.74. The minimum atomic E-state index is 0.309. The van der Waals surface area contributed by atoms with Crippen LogP contribution in [0.15, 0.2) is 12.1 Å². The van der Waals surface area contributed by atoms with Gasteiger partial charge in [-0.2, -0.15) is 0 Å². The summed E-state index contributed by atoms with van der Waals surface area (Å²) >= 11 is 1.94. The number of nitrogens with one attached hydrogen (secondary N) is 2. The van der Waals surface area contributed by atoms with Crippen LogP contribution >= 0.6 is 11.3 Å². The van der Waals surface area contributed by atoms with E-state index in [1.807, 2.05) is 11.3 Å². The van der Waals surface area contributed by atoms with Gasteiger partial charge in [0.25, 0.3) is 0 Å². The SMILES string of the molecule is CCc1ccc(CNCC2(C)CCCCN2)s1. The van der Waals surface area contributed by atoms with Crippen LogP contribution in [0.1, 0.15) is 42.9 Å². The van der Waals surface area contributed by atoms with Crippen molar-refractivity contribution in [3.8, 4) is 0 Å². The standard InChI is InChI=1S/C14H24N2S/c1-3-12-6-7-13(17-12)10-15-11-14(2)8-4-5-9-16-14/h6-7,15-16H,3-5,8-11H2,1-2H3. The first-order valence-electron chi connectivity index (χ1n) is 6.75. The molecule has 1 unspecified atom stereocenters. The molecule has 0 radical (unpaired) electrons. The molecular weight excluding hydrogens is 228 g/mol. The van der Waals surface area contributed by atoms with Crippen molar-refractivity contribution in [1.82, 2.24) is 10.6 Å². The summed E-state index contributed by atoms with van der Waals surface area (Å²) in [5.74, 6) is 0. The molecular formula is C14H24N2S. The number of hydrogen-bond acceptors (Lipinski definition) is 3. The van der Waals surface area contributed by atoms with E-state index in [0.717, 1.165) is 19.5 Å². The highest BCUT2D eigenvalue weighted by Gasteiger charge is 2.25. The fourth-order valence-corrected chi connectivity index (χ4v) is 3.37. The second-order valence-electron chi connectivity index (χ2n) is 5.27. The summed E-state index contributed by atoms with van der Waals surface area (Å²) in [6.07, 6.45) is 5.15. The number of piperidine rings is 1. The Morgan fingerprint density at radius 2 is 2.18 bits per heavy atom. The highest BCUT2D eigenvalue weighted by molar-refractivity contribution is 7.11. The third kappa shape index (κ3) is 3.80. The molecule has 0 aliphatic carbocycles. The number of hydrogen-bond donors (Lipinski definition) is 2. The third-order valence-electron chi connectivity index (χ3n) is 3.59. The summed E-state index contributed by atoms with van der Waals surface area (Å²) in [7, 11) is 0. The molecule has 0 saturated carbocycles. The molecule has 1 atom stereocenters. The van der Waals surface area contributed by atoms with Gasteiger partial charge in [0.1, 0.15) is 0 Å². The van der Waals surface area contributed by atoms with Crippen molar-refractivity contribution in [1.29, 1.82) is 0 Å². The fraction of sp³-hybridized carbons (Fsp3) is 0.714. The molecule has 1 aliphatic rings. The van der Waals surface area contributed by atoms with Crippen LogP contribution in [-0.2, 0) is 13.0 Å². The fourth-order valence-electron chi connectivity index (χ4n) is 2.44. The summed E-state index contributed by atoms with van der Waals surface area (Å²) < 4.78 is 0. The number of thiophene rings is 1. The van der Waals surface area contributed by atoms with Gasteiger partial charge in [-0.05, 0) is 44.9 Å². The maximum atomic E-state index is 3.64. The summed E-state index contributed by atoms with van der Waals surface area (Å²) in [4.78, 5) is 2.95. The van der Waals surface area contributed by atoms with Gasteiger partial charge in [0.05, 0.1) is 0 Å². The molecule has 0 spiro atoms. The second kappa shape index (κ2) is 5.98. The molecule has 3 heteroatoms. The van der Waals surface area contributed by atoms with E-state index in [1.54, 1.807) is 0 Å². The Morgan fingerprint density at radius 3 is 2.82 bits per heavy atom. The van der Waals surface area contributed by atoms with E-state index < -0.39 is 0 Å². The second-order valence-corrected chi connectivity index (χ2v) is 6.52. The van der Waals surface area contributed by atoms with Gasteiger partial charge >= 0.3 is 0 Å². The average Bonchev–Trinajstić information content (AvgIpc) is 2.78. The molecule has 2 heterocycles. The van der Waals surface area contributed by atoms with Crippen LogP contribution in [0.3, 0.4) is 0 Å². The van der Waals surface area contributed by atoms with Crippen LogP contribution in [0.25, 0.3) is 0 Å². The van der Waals surface area contributed by atoms with E-state index in [2.05, 4.69) is 36.6 Å². The van der Waals surface area contributed by atoms with Gasteiger partial charge in [-0.25, -0.2) is 0 Å². The molecule has 0 bridgehead atoms. The first-order valence-corrected chi connectivity index (χ1v) is 7.57. The van der Waals surface area contributed by atoms with E-state index in [0.29, 0.717) is 5.54 Å². The highest BCUT2D eigenvalue weighted by atomic mass is 32.1. The summed E-state index contributed by atoms with van der Waals surface area (Å²) in [6, 6.07) is 4.51. The Morgan fingerprint density at radius 1 is 1.35 bits per heavy atom. The van der Waals surface area contributed by atoms with Crippen molar-refractivity contribution >= 4 is 11.3 Å². The smallest absolute Gasteiger partial charge is 0.0300 e. The van der Waals surface area contributed by atoms with Crippen LogP contribution in [0, 0.1) is 0 Å². The average molecular weight is 252 g/mol. The lowest BCUT2D eigenvalue weighted by molar-refractivity contribution is 0.267. The van der Waals surface area contributed by atoms with E-state index in [-0.39, 0.29) is 0 Å². The Kier molecular flexibility index (Phi) is 4.60. The van der Waals surface area contributed by atoms with Crippen LogP contribution in [-0.4, -0.2) is 18.6 Å². The summed E-state index contributed by atoms with van der Waals surface area (Å²) in [5.41, 5.74) is 0.309. The molecule has 0 aromatic carbocycles. The van der Waals surface area contributed by atoms with E-state index >= 15 is 0 Å². The molecule has 1 aromatic rings. The molecule has 1 aromatic heterocycles. The van der Waals surface area contributed by atoms with Gasteiger partial charge < -0.3 is 10.6 Å². The van der Waals surface area contributed by atoms with Crippen molar-refractivity contribution in [3.63, 3.8) is 0 Å². The van der Waals surface area contributed by atoms with E-state index in [4.69, 9.17) is 0 Å². The first kappa shape index (κ1) is 13.1. The van der Waals surface area contributed by atoms with Gasteiger partial charge in [-0.15, -0.1) is 11.3 Å². The number of aryl methyl sites for hydroxylation is 1. The van der Waals surface area contributed by atoms with Gasteiger partial charge in [0.15, 0.2) is 0 Å². The molecule has 1 fully saturated rings. The predicted molar refractivity (Wildman–Crippen MR) is 75.7 cm³/mol. The van der Waals surface area contributed by atoms with Gasteiger partial charge in [-0.1, -0.05) is 13.3 Å². The molecule has 96 valence electrons. The zero-order chi connectivity index (χ0) is 12.1. The van der Waals surface area contributed by atoms with Crippen LogP contribution in [0.2, 0.25) is 0 Å². The molecule has 0 amide bonds. The quantitative estimate of drug-likeness (QED) is 0.842. The highest BCUT2D eigenvalue weighted by Crippen LogP contribution is 2.19. The normalized spacial score (nSPS) is 25.1. The molecule has 2 N–H and O–H groups in total.